The Morgan fingerprint density at radius 1 is 1.47 bits per heavy atom. The number of thioether (sulfide) groups is 1. The fraction of sp³-hybridized carbons (Fsp3) is 0.385. The van der Waals surface area contributed by atoms with Gasteiger partial charge in [-0.2, -0.15) is 5.10 Å². The van der Waals surface area contributed by atoms with Crippen molar-refractivity contribution in [1.82, 2.24) is 4.98 Å². The number of fused-ring (bicyclic) bond motifs is 1. The van der Waals surface area contributed by atoms with Gasteiger partial charge in [0.25, 0.3) is 0 Å². The molecule has 0 unspecified atom stereocenters. The van der Waals surface area contributed by atoms with Gasteiger partial charge in [0.15, 0.2) is 0 Å². The molecule has 102 valence electrons. The third-order valence-corrected chi connectivity index (χ3v) is 4.26. The van der Waals surface area contributed by atoms with Crippen molar-refractivity contribution in [1.29, 1.82) is 0 Å². The Balaban J connectivity index is 2.30. The molecule has 1 aromatic heterocycles. The SMILES string of the molecule is CC(C)=NNc1nc2c(C)cc(SCCO)cc2s1. The molecule has 1 heterocycles. The molecule has 19 heavy (non-hydrogen) atoms. The van der Waals surface area contributed by atoms with Crippen molar-refractivity contribution >= 4 is 44.2 Å². The van der Waals surface area contributed by atoms with Gasteiger partial charge in [0.2, 0.25) is 5.13 Å². The van der Waals surface area contributed by atoms with E-state index in [1.54, 1.807) is 23.1 Å². The third kappa shape index (κ3) is 3.68. The molecule has 2 N–H and O–H groups in total. The Hall–Kier alpha value is -1.11. The van der Waals surface area contributed by atoms with Gasteiger partial charge in [-0.3, -0.25) is 5.43 Å². The molecule has 0 fully saturated rings. The van der Waals surface area contributed by atoms with Crippen molar-refractivity contribution in [2.24, 2.45) is 5.10 Å². The first kappa shape index (κ1) is 14.3. The first-order valence-electron chi connectivity index (χ1n) is 6.02. The summed E-state index contributed by atoms with van der Waals surface area (Å²) in [4.78, 5) is 5.72. The molecule has 0 bridgehead atoms. The number of nitrogens with one attached hydrogen (secondary N) is 1. The number of hydrogen-bond donors (Lipinski definition) is 2. The van der Waals surface area contributed by atoms with E-state index in [4.69, 9.17) is 5.11 Å². The van der Waals surface area contributed by atoms with Crippen molar-refractivity contribution < 1.29 is 5.11 Å². The van der Waals surface area contributed by atoms with Crippen LogP contribution in [0.4, 0.5) is 5.13 Å². The van der Waals surface area contributed by atoms with Gasteiger partial charge < -0.3 is 5.11 Å². The van der Waals surface area contributed by atoms with Crippen LogP contribution in [0, 0.1) is 6.92 Å². The molecule has 1 aromatic carbocycles. The zero-order valence-electron chi connectivity index (χ0n) is 11.2. The van der Waals surface area contributed by atoms with Gasteiger partial charge in [0.05, 0.1) is 16.8 Å². The lowest BCUT2D eigenvalue weighted by molar-refractivity contribution is 0.322. The first-order valence-corrected chi connectivity index (χ1v) is 7.82. The number of aliphatic hydroxyl groups excluding tert-OH is 1. The molecule has 0 saturated carbocycles. The second-order valence-electron chi connectivity index (χ2n) is 4.35. The first-order chi connectivity index (χ1) is 9.10. The molecule has 0 aliphatic rings. The molecule has 0 amide bonds. The zero-order valence-corrected chi connectivity index (χ0v) is 12.9. The van der Waals surface area contributed by atoms with Gasteiger partial charge in [0.1, 0.15) is 0 Å². The van der Waals surface area contributed by atoms with Crippen LogP contribution in [-0.2, 0) is 0 Å². The predicted molar refractivity (Wildman–Crippen MR) is 84.6 cm³/mol. The number of nitrogens with zero attached hydrogens (tertiary/aromatic N) is 2. The van der Waals surface area contributed by atoms with Crippen molar-refractivity contribution in [3.63, 3.8) is 0 Å². The lowest BCUT2D eigenvalue weighted by atomic mass is 10.2. The molecule has 0 radical (unpaired) electrons. The van der Waals surface area contributed by atoms with Gasteiger partial charge in [-0.05, 0) is 38.5 Å². The second-order valence-corrected chi connectivity index (χ2v) is 6.55. The number of thiazole rings is 1. The number of aryl methyl sites for hydroxylation is 1. The standard InChI is InChI=1S/C13H17N3OS2/c1-8(2)15-16-13-14-12-9(3)6-10(18-5-4-17)7-11(12)19-13/h6-7,17H,4-5H2,1-3H3,(H,14,16). The monoisotopic (exact) mass is 295 g/mol. The van der Waals surface area contributed by atoms with Crippen LogP contribution in [0.3, 0.4) is 0 Å². The van der Waals surface area contributed by atoms with E-state index in [9.17, 15) is 0 Å². The van der Waals surface area contributed by atoms with Crippen molar-refractivity contribution in [2.45, 2.75) is 25.7 Å². The quantitative estimate of drug-likeness (QED) is 0.503. The van der Waals surface area contributed by atoms with E-state index < -0.39 is 0 Å². The smallest absolute Gasteiger partial charge is 0.204 e. The van der Waals surface area contributed by atoms with Crippen molar-refractivity contribution in [3.05, 3.63) is 17.7 Å². The van der Waals surface area contributed by atoms with Crippen LogP contribution in [-0.4, -0.2) is 28.2 Å². The average Bonchev–Trinajstić information content (AvgIpc) is 2.77. The minimum Gasteiger partial charge on any atom is -0.396 e. The van der Waals surface area contributed by atoms with Crippen LogP contribution in [0.15, 0.2) is 22.1 Å². The predicted octanol–water partition coefficient (Wildman–Crippen LogP) is 3.50. The third-order valence-electron chi connectivity index (χ3n) is 2.39. The van der Waals surface area contributed by atoms with E-state index in [0.29, 0.717) is 5.75 Å². The van der Waals surface area contributed by atoms with Gasteiger partial charge in [-0.15, -0.1) is 11.8 Å². The molecule has 2 aromatic rings. The van der Waals surface area contributed by atoms with Gasteiger partial charge in [-0.25, -0.2) is 4.98 Å². The summed E-state index contributed by atoms with van der Waals surface area (Å²) >= 11 is 3.25. The van der Waals surface area contributed by atoms with Crippen LogP contribution in [0.2, 0.25) is 0 Å². The summed E-state index contributed by atoms with van der Waals surface area (Å²) in [6.45, 7) is 6.13. The van der Waals surface area contributed by atoms with E-state index in [2.05, 4.69) is 34.6 Å². The minimum absolute atomic E-state index is 0.196. The number of aromatic nitrogens is 1. The lowest BCUT2D eigenvalue weighted by Gasteiger charge is -2.01. The summed E-state index contributed by atoms with van der Waals surface area (Å²) in [6.07, 6.45) is 0. The molecule has 0 spiro atoms. The lowest BCUT2D eigenvalue weighted by Crippen LogP contribution is -1.91. The molecule has 4 nitrogen and oxygen atoms in total. The highest BCUT2D eigenvalue weighted by Crippen LogP contribution is 2.32. The molecular formula is C13H17N3OS2. The topological polar surface area (TPSA) is 57.5 Å². The summed E-state index contributed by atoms with van der Waals surface area (Å²) in [6, 6.07) is 4.23. The Bertz CT molecular complexity index is 603. The molecule has 0 atom stereocenters. The zero-order chi connectivity index (χ0) is 13.8. The minimum atomic E-state index is 0.196. The maximum Gasteiger partial charge on any atom is 0.204 e. The van der Waals surface area contributed by atoms with Crippen LogP contribution < -0.4 is 5.43 Å². The summed E-state index contributed by atoms with van der Waals surface area (Å²) in [5.74, 6) is 0.716. The maximum absolute atomic E-state index is 8.88. The number of hydrogen-bond acceptors (Lipinski definition) is 6. The highest BCUT2D eigenvalue weighted by molar-refractivity contribution is 7.99. The van der Waals surface area contributed by atoms with E-state index in [1.165, 1.54) is 4.90 Å². The van der Waals surface area contributed by atoms with Crippen LogP contribution in [0.5, 0.6) is 0 Å². The number of hydrazone groups is 1. The van der Waals surface area contributed by atoms with Crippen LogP contribution in [0.25, 0.3) is 10.2 Å². The van der Waals surface area contributed by atoms with E-state index in [1.807, 2.05) is 13.8 Å². The summed E-state index contributed by atoms with van der Waals surface area (Å²) in [5.41, 5.74) is 6.11. The largest absolute Gasteiger partial charge is 0.396 e. The number of aliphatic hydroxyl groups is 1. The van der Waals surface area contributed by atoms with E-state index in [0.717, 1.165) is 26.6 Å². The summed E-state index contributed by atoms with van der Waals surface area (Å²) in [5, 5.41) is 13.9. The molecular weight excluding hydrogens is 278 g/mol. The molecule has 2 rings (SSSR count). The van der Waals surface area contributed by atoms with Crippen LogP contribution in [0.1, 0.15) is 19.4 Å². The fourth-order valence-electron chi connectivity index (χ4n) is 1.62. The highest BCUT2D eigenvalue weighted by atomic mass is 32.2. The molecule has 6 heteroatoms. The Morgan fingerprint density at radius 2 is 2.26 bits per heavy atom. The normalized spacial score (nSPS) is 10.7. The number of rotatable bonds is 5. The van der Waals surface area contributed by atoms with Crippen molar-refractivity contribution in [3.8, 4) is 0 Å². The fourth-order valence-corrected chi connectivity index (χ4v) is 3.41. The van der Waals surface area contributed by atoms with Crippen molar-refractivity contribution in [2.75, 3.05) is 17.8 Å². The maximum atomic E-state index is 8.88. The van der Waals surface area contributed by atoms with E-state index in [-0.39, 0.29) is 6.61 Å². The van der Waals surface area contributed by atoms with Gasteiger partial charge in [-0.1, -0.05) is 11.3 Å². The molecule has 0 saturated heterocycles. The second kappa shape index (κ2) is 6.36. The summed E-state index contributed by atoms with van der Waals surface area (Å²) in [7, 11) is 0. The summed E-state index contributed by atoms with van der Waals surface area (Å²) < 4.78 is 1.15. The average molecular weight is 295 g/mol. The highest BCUT2D eigenvalue weighted by Gasteiger charge is 2.08. The number of anilines is 1. The Kier molecular flexibility index (Phi) is 4.79. The molecule has 0 aliphatic heterocycles. The Morgan fingerprint density at radius 3 is 2.95 bits per heavy atom. The van der Waals surface area contributed by atoms with Gasteiger partial charge in [0, 0.05) is 16.4 Å². The Labute approximate surface area is 120 Å². The van der Waals surface area contributed by atoms with Gasteiger partial charge >= 0.3 is 0 Å². The van der Waals surface area contributed by atoms with Crippen LogP contribution >= 0.6 is 23.1 Å². The van der Waals surface area contributed by atoms with E-state index >= 15 is 0 Å². The number of benzene rings is 1. The molecule has 0 aliphatic carbocycles.